The molecule has 3 amide bonds. The first-order chi connectivity index (χ1) is 19.1. The van der Waals surface area contributed by atoms with Gasteiger partial charge in [-0.2, -0.15) is 0 Å². The van der Waals surface area contributed by atoms with Gasteiger partial charge in [0.1, 0.15) is 11.6 Å². The molecule has 0 radical (unpaired) electrons. The number of nitrogens with one attached hydrogen (secondary N) is 2. The van der Waals surface area contributed by atoms with E-state index in [4.69, 9.17) is 4.74 Å². The molecule has 0 saturated carbocycles. The van der Waals surface area contributed by atoms with Gasteiger partial charge >= 0.3 is 0 Å². The molecule has 3 saturated heterocycles. The second-order valence-electron chi connectivity index (χ2n) is 11.5. The van der Waals surface area contributed by atoms with E-state index in [2.05, 4.69) is 29.4 Å². The molecule has 1 spiro atoms. The van der Waals surface area contributed by atoms with Crippen LogP contribution in [0.3, 0.4) is 0 Å². The van der Waals surface area contributed by atoms with Gasteiger partial charge in [0, 0.05) is 30.2 Å². The molecule has 9 heteroatoms. The smallest absolute Gasteiger partial charge is 0.250 e. The number of fused-ring (bicyclic) bond motifs is 1. The van der Waals surface area contributed by atoms with Crippen LogP contribution < -0.4 is 15.5 Å². The van der Waals surface area contributed by atoms with Crippen LogP contribution >= 0.6 is 0 Å². The largest absolute Gasteiger partial charge is 0.394 e. The quantitative estimate of drug-likeness (QED) is 0.442. The first-order valence-corrected chi connectivity index (χ1v) is 14.3. The standard InChI is InChI=1S/C31H40N4O5/c1-6-34(7-2)23-15-13-22(14-16-23)33-28(38)26-31-17-19(3)30(5,40-31)24(25(31)29(39)35(26)20(4)18-36)27(37)32-21-11-9-8-10-12-21/h8-16,19-20,24-26,36H,6-7,17-18H2,1-5H3,(H,32,37)(H,33,38)/t19?,20-,24-,25+,26?,30+,31?/m1/s1. The van der Waals surface area contributed by atoms with Crippen molar-refractivity contribution in [1.82, 2.24) is 4.90 Å². The van der Waals surface area contributed by atoms with E-state index in [0.717, 1.165) is 18.8 Å². The molecule has 9 nitrogen and oxygen atoms in total. The lowest BCUT2D eigenvalue weighted by Gasteiger charge is -2.36. The molecule has 3 aliphatic rings. The Kier molecular flexibility index (Phi) is 7.39. The minimum Gasteiger partial charge on any atom is -0.394 e. The average Bonchev–Trinajstić information content (AvgIpc) is 3.47. The summed E-state index contributed by atoms with van der Waals surface area (Å²) in [5.74, 6) is -2.72. The van der Waals surface area contributed by atoms with Gasteiger partial charge in [-0.3, -0.25) is 14.4 Å². The van der Waals surface area contributed by atoms with Crippen molar-refractivity contribution in [3.63, 3.8) is 0 Å². The zero-order chi connectivity index (χ0) is 28.8. The highest BCUT2D eigenvalue weighted by molar-refractivity contribution is 6.05. The Morgan fingerprint density at radius 3 is 2.25 bits per heavy atom. The fourth-order valence-corrected chi connectivity index (χ4v) is 7.23. The van der Waals surface area contributed by atoms with Crippen molar-refractivity contribution in [2.75, 3.05) is 35.2 Å². The maximum atomic E-state index is 14.1. The third kappa shape index (κ3) is 4.27. The van der Waals surface area contributed by atoms with Crippen molar-refractivity contribution in [2.45, 2.75) is 64.3 Å². The number of anilines is 3. The van der Waals surface area contributed by atoms with Crippen molar-refractivity contribution < 1.29 is 24.2 Å². The first-order valence-electron chi connectivity index (χ1n) is 14.3. The van der Waals surface area contributed by atoms with Gasteiger partial charge in [0.25, 0.3) is 0 Å². The number of nitrogens with zero attached hydrogens (tertiary/aromatic N) is 2. The SMILES string of the molecule is CCN(CC)c1ccc(NC(=O)C2N([C@H](C)CO)C(=O)[C@@H]3[C@H](C(=O)Nc4ccccc4)[C@@]4(C)OC23CC4C)cc1. The van der Waals surface area contributed by atoms with Gasteiger partial charge in [0.2, 0.25) is 17.7 Å². The number of para-hydroxylation sites is 1. The van der Waals surface area contributed by atoms with Crippen LogP contribution in [-0.2, 0) is 19.1 Å². The molecule has 40 heavy (non-hydrogen) atoms. The van der Waals surface area contributed by atoms with E-state index in [9.17, 15) is 19.5 Å². The molecule has 5 rings (SSSR count). The number of likely N-dealkylation sites (tertiary alicyclic amines) is 1. The molecule has 3 heterocycles. The van der Waals surface area contributed by atoms with Crippen molar-refractivity contribution >= 4 is 34.8 Å². The number of amides is 3. The summed E-state index contributed by atoms with van der Waals surface area (Å²) in [4.78, 5) is 45.6. The molecular weight excluding hydrogens is 508 g/mol. The molecule has 2 bridgehead atoms. The van der Waals surface area contributed by atoms with Crippen LogP contribution in [0.25, 0.3) is 0 Å². The summed E-state index contributed by atoms with van der Waals surface area (Å²) >= 11 is 0. The zero-order valence-electron chi connectivity index (χ0n) is 23.9. The fourth-order valence-electron chi connectivity index (χ4n) is 7.23. The first kappa shape index (κ1) is 28.1. The van der Waals surface area contributed by atoms with Crippen LogP contribution in [0.2, 0.25) is 0 Å². The second kappa shape index (κ2) is 10.5. The number of aliphatic hydroxyl groups is 1. The third-order valence-corrected chi connectivity index (χ3v) is 9.33. The number of hydrogen-bond acceptors (Lipinski definition) is 6. The van der Waals surface area contributed by atoms with E-state index in [1.807, 2.05) is 56.3 Å². The lowest BCUT2D eigenvalue weighted by atomic mass is 9.62. The maximum Gasteiger partial charge on any atom is 0.250 e. The minimum absolute atomic E-state index is 0.0730. The van der Waals surface area contributed by atoms with E-state index >= 15 is 0 Å². The second-order valence-corrected chi connectivity index (χ2v) is 11.5. The van der Waals surface area contributed by atoms with Crippen molar-refractivity contribution in [2.24, 2.45) is 17.8 Å². The fraction of sp³-hybridized carbons (Fsp3) is 0.516. The lowest BCUT2D eigenvalue weighted by molar-refractivity contribution is -0.147. The third-order valence-electron chi connectivity index (χ3n) is 9.33. The molecule has 3 fully saturated rings. The maximum absolute atomic E-state index is 14.1. The van der Waals surface area contributed by atoms with E-state index in [1.165, 1.54) is 4.90 Å². The Morgan fingerprint density at radius 1 is 1.05 bits per heavy atom. The van der Waals surface area contributed by atoms with Crippen LogP contribution in [0.1, 0.15) is 41.0 Å². The van der Waals surface area contributed by atoms with E-state index in [-0.39, 0.29) is 30.2 Å². The molecule has 3 aliphatic heterocycles. The molecular formula is C31H40N4O5. The molecule has 7 atom stereocenters. The molecule has 3 N–H and O–H groups in total. The number of ether oxygens (including phenoxy) is 1. The van der Waals surface area contributed by atoms with Crippen LogP contribution in [0.15, 0.2) is 54.6 Å². The van der Waals surface area contributed by atoms with E-state index in [1.54, 1.807) is 19.1 Å². The van der Waals surface area contributed by atoms with Crippen LogP contribution in [-0.4, -0.2) is 70.7 Å². The highest BCUT2D eigenvalue weighted by Crippen LogP contribution is 2.65. The average molecular weight is 549 g/mol. The number of carbonyl (C=O) groups excluding carboxylic acids is 3. The summed E-state index contributed by atoms with van der Waals surface area (Å²) in [5, 5.41) is 16.1. The molecule has 2 aromatic rings. The summed E-state index contributed by atoms with van der Waals surface area (Å²) in [6.45, 7) is 11.2. The molecule has 214 valence electrons. The Hall–Kier alpha value is -3.43. The normalized spacial score (nSPS) is 31.1. The van der Waals surface area contributed by atoms with Crippen molar-refractivity contribution in [1.29, 1.82) is 0 Å². The molecule has 2 aromatic carbocycles. The number of rotatable bonds is 9. The summed E-state index contributed by atoms with van der Waals surface area (Å²) in [6.07, 6.45) is 0.461. The predicted octanol–water partition coefficient (Wildman–Crippen LogP) is 3.50. The summed E-state index contributed by atoms with van der Waals surface area (Å²) in [5.41, 5.74) is 0.195. The van der Waals surface area contributed by atoms with Gasteiger partial charge in [-0.25, -0.2) is 0 Å². The van der Waals surface area contributed by atoms with Crippen molar-refractivity contribution in [3.05, 3.63) is 54.6 Å². The highest BCUT2D eigenvalue weighted by Gasteiger charge is 2.80. The van der Waals surface area contributed by atoms with Gasteiger partial charge in [-0.05, 0) is 76.4 Å². The Bertz CT molecular complexity index is 1270. The van der Waals surface area contributed by atoms with Crippen LogP contribution in [0.4, 0.5) is 17.1 Å². The van der Waals surface area contributed by atoms with Crippen molar-refractivity contribution in [3.8, 4) is 0 Å². The van der Waals surface area contributed by atoms with Gasteiger partial charge in [-0.1, -0.05) is 25.1 Å². The lowest BCUT2D eigenvalue weighted by Crippen LogP contribution is -2.56. The summed E-state index contributed by atoms with van der Waals surface area (Å²) in [7, 11) is 0. The van der Waals surface area contributed by atoms with Gasteiger partial charge in [0.05, 0.1) is 30.1 Å². The summed E-state index contributed by atoms with van der Waals surface area (Å²) in [6, 6.07) is 15.1. The Balaban J connectivity index is 1.49. The number of carbonyl (C=O) groups is 3. The van der Waals surface area contributed by atoms with Gasteiger partial charge in [0.15, 0.2) is 0 Å². The topological polar surface area (TPSA) is 111 Å². The molecule has 0 aromatic heterocycles. The van der Waals surface area contributed by atoms with E-state index < -0.39 is 35.1 Å². The van der Waals surface area contributed by atoms with Gasteiger partial charge < -0.3 is 30.3 Å². The Labute approximate surface area is 235 Å². The number of benzene rings is 2. The molecule has 3 unspecified atom stereocenters. The van der Waals surface area contributed by atoms with E-state index in [0.29, 0.717) is 17.8 Å². The zero-order valence-corrected chi connectivity index (χ0v) is 23.9. The number of hydrogen-bond donors (Lipinski definition) is 3. The Morgan fingerprint density at radius 2 is 1.65 bits per heavy atom. The highest BCUT2D eigenvalue weighted by atomic mass is 16.5. The molecule has 0 aliphatic carbocycles. The minimum atomic E-state index is -1.18. The van der Waals surface area contributed by atoms with Crippen LogP contribution in [0, 0.1) is 17.8 Å². The number of aliphatic hydroxyl groups excluding tert-OH is 1. The monoisotopic (exact) mass is 548 g/mol. The summed E-state index contributed by atoms with van der Waals surface area (Å²) < 4.78 is 6.73. The predicted molar refractivity (Wildman–Crippen MR) is 154 cm³/mol. The van der Waals surface area contributed by atoms with Crippen LogP contribution in [0.5, 0.6) is 0 Å². The van der Waals surface area contributed by atoms with Gasteiger partial charge in [-0.15, -0.1) is 0 Å².